The van der Waals surface area contributed by atoms with Gasteiger partial charge in [0.2, 0.25) is 5.91 Å². The zero-order chi connectivity index (χ0) is 16.8. The Bertz CT molecular complexity index is 520. The molecule has 6 nitrogen and oxygen atoms in total. The molecule has 1 aromatic rings. The zero-order valence-corrected chi connectivity index (χ0v) is 14.1. The van der Waals surface area contributed by atoms with Crippen molar-refractivity contribution in [3.05, 3.63) is 30.1 Å². The summed E-state index contributed by atoms with van der Waals surface area (Å²) in [5.41, 5.74) is 1.05. The summed E-state index contributed by atoms with van der Waals surface area (Å²) in [6, 6.07) is 3.78. The van der Waals surface area contributed by atoms with E-state index in [0.29, 0.717) is 25.7 Å². The number of carbonyl (C=O) groups excluding carboxylic acids is 1. The molecule has 2 heterocycles. The number of nitrogens with zero attached hydrogens (tertiary/aromatic N) is 2. The molecule has 0 unspecified atom stereocenters. The molecule has 1 amide bonds. The van der Waals surface area contributed by atoms with Crippen LogP contribution in [0.15, 0.2) is 24.5 Å². The Morgan fingerprint density at radius 3 is 2.83 bits per heavy atom. The third-order valence-corrected chi connectivity index (χ3v) is 5.06. The highest BCUT2D eigenvalue weighted by Crippen LogP contribution is 2.26. The van der Waals surface area contributed by atoms with Gasteiger partial charge in [-0.3, -0.25) is 14.7 Å². The van der Waals surface area contributed by atoms with Gasteiger partial charge in [-0.15, -0.1) is 0 Å². The Balaban J connectivity index is 1.60. The van der Waals surface area contributed by atoms with Crippen LogP contribution in [0.4, 0.5) is 0 Å². The number of hydrogen-bond acceptors (Lipinski definition) is 5. The van der Waals surface area contributed by atoms with E-state index in [-0.39, 0.29) is 24.6 Å². The summed E-state index contributed by atoms with van der Waals surface area (Å²) in [6.07, 6.45) is 8.89. The largest absolute Gasteiger partial charge is 0.394 e. The fraction of sp³-hybridized carbons (Fsp3) is 0.667. The molecule has 1 aliphatic carbocycles. The Labute approximate surface area is 143 Å². The van der Waals surface area contributed by atoms with E-state index in [2.05, 4.69) is 15.2 Å². The lowest BCUT2D eigenvalue weighted by molar-refractivity contribution is -0.135. The molecule has 0 radical (unpaired) electrons. The van der Waals surface area contributed by atoms with Crippen molar-refractivity contribution in [3.63, 3.8) is 0 Å². The Kier molecular flexibility index (Phi) is 6.18. The Hall–Kier alpha value is -1.50. The Morgan fingerprint density at radius 2 is 2.12 bits per heavy atom. The number of hydrogen-bond donors (Lipinski definition) is 2. The molecular weight excluding hydrogens is 306 g/mol. The minimum atomic E-state index is -0.285. The van der Waals surface area contributed by atoms with Gasteiger partial charge in [0.25, 0.3) is 0 Å². The molecule has 0 bridgehead atoms. The van der Waals surface area contributed by atoms with Gasteiger partial charge in [-0.05, 0) is 37.0 Å². The summed E-state index contributed by atoms with van der Waals surface area (Å²) < 4.78 is 5.55. The van der Waals surface area contributed by atoms with Gasteiger partial charge in [0.15, 0.2) is 0 Å². The van der Waals surface area contributed by atoms with E-state index < -0.39 is 0 Å². The maximum Gasteiger partial charge on any atom is 0.240 e. The lowest BCUT2D eigenvalue weighted by Gasteiger charge is -2.39. The van der Waals surface area contributed by atoms with Crippen molar-refractivity contribution in [2.24, 2.45) is 0 Å². The first-order chi connectivity index (χ1) is 11.8. The number of aromatic nitrogens is 1. The van der Waals surface area contributed by atoms with Crippen LogP contribution >= 0.6 is 0 Å². The summed E-state index contributed by atoms with van der Waals surface area (Å²) in [6.45, 7) is 1.87. The number of amides is 1. The van der Waals surface area contributed by atoms with E-state index in [1.807, 2.05) is 12.1 Å². The van der Waals surface area contributed by atoms with E-state index in [9.17, 15) is 9.90 Å². The molecule has 132 valence electrons. The van der Waals surface area contributed by atoms with Gasteiger partial charge in [-0.1, -0.05) is 12.8 Å². The molecule has 1 aliphatic heterocycles. The van der Waals surface area contributed by atoms with Crippen molar-refractivity contribution in [2.45, 2.75) is 50.2 Å². The van der Waals surface area contributed by atoms with E-state index >= 15 is 0 Å². The van der Waals surface area contributed by atoms with Crippen LogP contribution in [-0.2, 0) is 16.0 Å². The maximum atomic E-state index is 12.8. The summed E-state index contributed by atoms with van der Waals surface area (Å²) in [5.74, 6) is -0.0327. The summed E-state index contributed by atoms with van der Waals surface area (Å²) >= 11 is 0. The second-order valence-corrected chi connectivity index (χ2v) is 6.71. The van der Waals surface area contributed by atoms with Crippen LogP contribution in [0.1, 0.15) is 31.2 Å². The fourth-order valence-corrected chi connectivity index (χ4v) is 3.78. The van der Waals surface area contributed by atoms with E-state index in [1.165, 1.54) is 25.7 Å². The smallest absolute Gasteiger partial charge is 0.240 e. The van der Waals surface area contributed by atoms with E-state index in [4.69, 9.17) is 4.74 Å². The monoisotopic (exact) mass is 333 g/mol. The molecule has 1 saturated carbocycles. The van der Waals surface area contributed by atoms with Crippen molar-refractivity contribution >= 4 is 5.91 Å². The van der Waals surface area contributed by atoms with Gasteiger partial charge in [0.05, 0.1) is 25.9 Å². The lowest BCUT2D eigenvalue weighted by Crippen LogP contribution is -2.58. The second-order valence-electron chi connectivity index (χ2n) is 6.71. The van der Waals surface area contributed by atoms with Crippen molar-refractivity contribution in [2.75, 3.05) is 26.4 Å². The van der Waals surface area contributed by atoms with Gasteiger partial charge >= 0.3 is 0 Å². The van der Waals surface area contributed by atoms with Gasteiger partial charge < -0.3 is 15.2 Å². The normalized spacial score (nSPS) is 24.0. The number of rotatable bonds is 6. The zero-order valence-electron chi connectivity index (χ0n) is 14.1. The average Bonchev–Trinajstić information content (AvgIpc) is 3.16. The highest BCUT2D eigenvalue weighted by atomic mass is 16.5. The first-order valence-corrected chi connectivity index (χ1v) is 8.91. The molecule has 2 fully saturated rings. The fourth-order valence-electron chi connectivity index (χ4n) is 3.78. The molecule has 24 heavy (non-hydrogen) atoms. The first kappa shape index (κ1) is 17.3. The number of aliphatic hydroxyl groups is 1. The third-order valence-electron chi connectivity index (χ3n) is 5.06. The Morgan fingerprint density at radius 1 is 1.38 bits per heavy atom. The average molecular weight is 333 g/mol. The summed E-state index contributed by atoms with van der Waals surface area (Å²) in [5, 5.41) is 12.6. The van der Waals surface area contributed by atoms with Crippen LogP contribution < -0.4 is 5.32 Å². The minimum absolute atomic E-state index is 0.0327. The molecule has 1 saturated heterocycles. The molecule has 2 atom stereocenters. The maximum absolute atomic E-state index is 12.8. The quantitative estimate of drug-likeness (QED) is 0.803. The molecule has 2 aliphatic rings. The number of morpholine rings is 1. The SMILES string of the molecule is O=C(N[C@@H](CO)Cc1ccncc1)[C@H]1COCCN1C1CCCC1. The van der Waals surface area contributed by atoms with Gasteiger partial charge in [-0.25, -0.2) is 0 Å². The van der Waals surface area contributed by atoms with Gasteiger partial charge in [0.1, 0.15) is 6.04 Å². The number of pyridine rings is 1. The molecule has 0 spiro atoms. The van der Waals surface area contributed by atoms with Crippen LogP contribution in [0.25, 0.3) is 0 Å². The first-order valence-electron chi connectivity index (χ1n) is 8.91. The topological polar surface area (TPSA) is 74.7 Å². The number of aliphatic hydroxyl groups excluding tert-OH is 1. The van der Waals surface area contributed by atoms with E-state index in [1.54, 1.807) is 12.4 Å². The summed E-state index contributed by atoms with van der Waals surface area (Å²) in [7, 11) is 0. The molecule has 0 aromatic carbocycles. The van der Waals surface area contributed by atoms with Gasteiger partial charge in [0, 0.05) is 25.0 Å². The van der Waals surface area contributed by atoms with Gasteiger partial charge in [-0.2, -0.15) is 0 Å². The number of nitrogens with one attached hydrogen (secondary N) is 1. The predicted octanol–water partition coefficient (Wildman–Crippen LogP) is 0.745. The van der Waals surface area contributed by atoms with Crippen molar-refractivity contribution in [1.29, 1.82) is 0 Å². The standard InChI is InChI=1S/C18H27N3O3/c22-12-15(11-14-5-7-19-8-6-14)20-18(23)17-13-24-10-9-21(17)16-3-1-2-4-16/h5-8,15-17,22H,1-4,9-13H2,(H,20,23)/t15-,17-/m1/s1. The minimum Gasteiger partial charge on any atom is -0.394 e. The lowest BCUT2D eigenvalue weighted by atomic mass is 10.1. The number of ether oxygens (including phenoxy) is 1. The highest BCUT2D eigenvalue weighted by molar-refractivity contribution is 5.82. The predicted molar refractivity (Wildman–Crippen MR) is 90.5 cm³/mol. The van der Waals surface area contributed by atoms with Crippen LogP contribution in [0.5, 0.6) is 0 Å². The van der Waals surface area contributed by atoms with Crippen LogP contribution in [0.3, 0.4) is 0 Å². The summed E-state index contributed by atoms with van der Waals surface area (Å²) in [4.78, 5) is 19.1. The van der Waals surface area contributed by atoms with Crippen LogP contribution in [-0.4, -0.2) is 65.4 Å². The van der Waals surface area contributed by atoms with Crippen molar-refractivity contribution < 1.29 is 14.6 Å². The molecule has 1 aromatic heterocycles. The molecule has 6 heteroatoms. The molecular formula is C18H27N3O3. The molecule has 3 rings (SSSR count). The van der Waals surface area contributed by atoms with Crippen molar-refractivity contribution in [3.8, 4) is 0 Å². The van der Waals surface area contributed by atoms with Crippen LogP contribution in [0.2, 0.25) is 0 Å². The van der Waals surface area contributed by atoms with Crippen LogP contribution in [0, 0.1) is 0 Å². The third kappa shape index (κ3) is 4.32. The highest BCUT2D eigenvalue weighted by Gasteiger charge is 2.35. The van der Waals surface area contributed by atoms with E-state index in [0.717, 1.165) is 12.1 Å². The van der Waals surface area contributed by atoms with Crippen molar-refractivity contribution in [1.82, 2.24) is 15.2 Å². The number of carbonyl (C=O) groups is 1. The second kappa shape index (κ2) is 8.55. The molecule has 2 N–H and O–H groups in total.